The van der Waals surface area contributed by atoms with Crippen LogP contribution in [0.1, 0.15) is 32.7 Å². The van der Waals surface area contributed by atoms with Crippen LogP contribution in [0.4, 0.5) is 0 Å². The summed E-state index contributed by atoms with van der Waals surface area (Å²) in [5, 5.41) is 9.53. The van der Waals surface area contributed by atoms with Crippen molar-refractivity contribution in [2.45, 2.75) is 6.42 Å². The van der Waals surface area contributed by atoms with Crippen molar-refractivity contribution in [1.82, 2.24) is 4.90 Å². The molecule has 1 aliphatic rings. The number of imide groups is 1. The van der Waals surface area contributed by atoms with Crippen molar-refractivity contribution in [1.29, 1.82) is 0 Å². The van der Waals surface area contributed by atoms with Crippen LogP contribution in [-0.4, -0.2) is 28.4 Å². The first-order valence-corrected chi connectivity index (χ1v) is 7.97. The maximum absolute atomic E-state index is 12.2. The van der Waals surface area contributed by atoms with Crippen molar-refractivity contribution in [3.8, 4) is 5.75 Å². The van der Waals surface area contributed by atoms with E-state index in [4.69, 9.17) is 0 Å². The zero-order valence-electron chi connectivity index (χ0n) is 12.2. The van der Waals surface area contributed by atoms with Crippen molar-refractivity contribution in [3.63, 3.8) is 0 Å². The highest BCUT2D eigenvalue weighted by Gasteiger charge is 2.34. The van der Waals surface area contributed by atoms with Gasteiger partial charge in [0.05, 0.1) is 11.1 Å². The maximum Gasteiger partial charge on any atom is 0.261 e. The fourth-order valence-electron chi connectivity index (χ4n) is 2.56. The first-order chi connectivity index (χ1) is 11.1. The Kier molecular flexibility index (Phi) is 4.30. The molecule has 23 heavy (non-hydrogen) atoms. The first kappa shape index (κ1) is 15.5. The zero-order chi connectivity index (χ0) is 16.4. The first-order valence-electron chi connectivity index (χ1n) is 7.17. The molecule has 0 unspecified atom stereocenters. The number of amides is 2. The van der Waals surface area contributed by atoms with Gasteiger partial charge >= 0.3 is 0 Å². The number of fused-ring (bicyclic) bond motifs is 1. The maximum atomic E-state index is 12.2. The fraction of sp³-hybridized carbons (Fsp3) is 0.111. The van der Waals surface area contributed by atoms with Gasteiger partial charge in [-0.3, -0.25) is 14.5 Å². The number of carbonyl (C=O) groups is 2. The number of rotatable bonds is 4. The summed E-state index contributed by atoms with van der Waals surface area (Å²) in [6.45, 7) is 0.336. The van der Waals surface area contributed by atoms with E-state index in [0.717, 1.165) is 10.0 Å². The molecule has 2 amide bonds. The average Bonchev–Trinajstić information content (AvgIpc) is 2.75. The highest BCUT2D eigenvalue weighted by atomic mass is 79.9. The summed E-state index contributed by atoms with van der Waals surface area (Å²) in [6, 6.07) is 12.0. The average molecular weight is 372 g/mol. The van der Waals surface area contributed by atoms with Crippen LogP contribution < -0.4 is 0 Å². The molecular formula is C18H14BrNO3. The summed E-state index contributed by atoms with van der Waals surface area (Å²) in [4.78, 5) is 25.7. The minimum Gasteiger partial charge on any atom is -0.508 e. The molecule has 0 aromatic heterocycles. The van der Waals surface area contributed by atoms with E-state index in [1.54, 1.807) is 36.4 Å². The van der Waals surface area contributed by atoms with Crippen LogP contribution >= 0.6 is 15.9 Å². The summed E-state index contributed by atoms with van der Waals surface area (Å²) in [7, 11) is 0. The van der Waals surface area contributed by atoms with E-state index in [1.165, 1.54) is 4.90 Å². The van der Waals surface area contributed by atoms with Crippen LogP contribution in [0.3, 0.4) is 0 Å². The summed E-state index contributed by atoms with van der Waals surface area (Å²) in [6.07, 6.45) is 4.28. The van der Waals surface area contributed by atoms with Gasteiger partial charge in [0.25, 0.3) is 11.8 Å². The Morgan fingerprint density at radius 1 is 1.04 bits per heavy atom. The Labute approximate surface area is 142 Å². The molecular weight excluding hydrogens is 358 g/mol. The van der Waals surface area contributed by atoms with Crippen molar-refractivity contribution in [2.75, 3.05) is 6.54 Å². The predicted octanol–water partition coefficient (Wildman–Crippen LogP) is 3.85. The number of phenols is 1. The van der Waals surface area contributed by atoms with Gasteiger partial charge in [-0.05, 0) is 42.3 Å². The third kappa shape index (κ3) is 3.19. The monoisotopic (exact) mass is 371 g/mol. The molecule has 116 valence electrons. The normalized spacial score (nSPS) is 13.9. The molecule has 0 spiro atoms. The Bertz CT molecular complexity index is 758. The van der Waals surface area contributed by atoms with E-state index >= 15 is 0 Å². The quantitative estimate of drug-likeness (QED) is 0.830. The number of hydrogen-bond donors (Lipinski definition) is 1. The highest BCUT2D eigenvalue weighted by Crippen LogP contribution is 2.23. The van der Waals surface area contributed by atoms with Gasteiger partial charge in [-0.2, -0.15) is 0 Å². The molecule has 2 aromatic carbocycles. The number of aromatic hydroxyl groups is 1. The number of carbonyl (C=O) groups excluding carboxylic acids is 2. The van der Waals surface area contributed by atoms with Crippen molar-refractivity contribution >= 4 is 33.8 Å². The van der Waals surface area contributed by atoms with Crippen molar-refractivity contribution < 1.29 is 14.7 Å². The van der Waals surface area contributed by atoms with Gasteiger partial charge in [-0.1, -0.05) is 40.2 Å². The second-order valence-electron chi connectivity index (χ2n) is 5.24. The van der Waals surface area contributed by atoms with Crippen LogP contribution in [-0.2, 0) is 0 Å². The van der Waals surface area contributed by atoms with E-state index in [-0.39, 0.29) is 17.6 Å². The van der Waals surface area contributed by atoms with Gasteiger partial charge in [0.2, 0.25) is 0 Å². The standard InChI is InChI=1S/C18H14BrNO3/c19-13-9-12(10-14(21)11-13)5-3-4-8-20-17(22)15-6-1-2-7-16(15)18(20)23/h1-3,5-7,9-11,21H,4,8H2/b5-3+. The Balaban J connectivity index is 1.65. The van der Waals surface area contributed by atoms with Crippen LogP contribution in [0.15, 0.2) is 53.0 Å². The number of nitrogens with zero attached hydrogens (tertiary/aromatic N) is 1. The molecule has 2 aromatic rings. The van der Waals surface area contributed by atoms with E-state index in [1.807, 2.05) is 18.2 Å². The molecule has 0 bridgehead atoms. The summed E-state index contributed by atoms with van der Waals surface area (Å²) >= 11 is 3.32. The van der Waals surface area contributed by atoms with Gasteiger partial charge < -0.3 is 5.11 Å². The van der Waals surface area contributed by atoms with E-state index < -0.39 is 0 Å². The summed E-state index contributed by atoms with van der Waals surface area (Å²) < 4.78 is 0.789. The van der Waals surface area contributed by atoms with Crippen LogP contribution in [0.5, 0.6) is 5.75 Å². The molecule has 4 nitrogen and oxygen atoms in total. The molecule has 1 N–H and O–H groups in total. The van der Waals surface area contributed by atoms with Gasteiger partial charge in [-0.25, -0.2) is 0 Å². The second-order valence-corrected chi connectivity index (χ2v) is 6.16. The molecule has 0 fully saturated rings. The van der Waals surface area contributed by atoms with Gasteiger partial charge in [0, 0.05) is 11.0 Å². The van der Waals surface area contributed by atoms with Crippen LogP contribution in [0.25, 0.3) is 6.08 Å². The fourth-order valence-corrected chi connectivity index (χ4v) is 3.06. The van der Waals surface area contributed by atoms with Crippen LogP contribution in [0.2, 0.25) is 0 Å². The number of phenolic OH excluding ortho intramolecular Hbond substituents is 1. The molecule has 0 aliphatic carbocycles. The molecule has 1 aliphatic heterocycles. The molecule has 3 rings (SSSR count). The van der Waals surface area contributed by atoms with Gasteiger partial charge in [0.1, 0.15) is 5.75 Å². The zero-order valence-corrected chi connectivity index (χ0v) is 13.8. The number of halogens is 1. The topological polar surface area (TPSA) is 57.6 Å². The molecule has 0 saturated carbocycles. The lowest BCUT2D eigenvalue weighted by Crippen LogP contribution is -2.30. The van der Waals surface area contributed by atoms with Crippen molar-refractivity contribution in [3.05, 3.63) is 69.7 Å². The minimum atomic E-state index is -0.237. The molecule has 1 heterocycles. The smallest absolute Gasteiger partial charge is 0.261 e. The second kappa shape index (κ2) is 6.38. The third-order valence-corrected chi connectivity index (χ3v) is 4.07. The number of hydrogen-bond acceptors (Lipinski definition) is 3. The molecule has 0 saturated heterocycles. The third-order valence-electron chi connectivity index (χ3n) is 3.61. The number of benzene rings is 2. The van der Waals surface area contributed by atoms with E-state index in [0.29, 0.717) is 24.1 Å². The highest BCUT2D eigenvalue weighted by molar-refractivity contribution is 9.10. The Morgan fingerprint density at radius 2 is 1.70 bits per heavy atom. The van der Waals surface area contributed by atoms with Gasteiger partial charge in [0.15, 0.2) is 0 Å². The van der Waals surface area contributed by atoms with Crippen LogP contribution in [0, 0.1) is 0 Å². The van der Waals surface area contributed by atoms with E-state index in [9.17, 15) is 14.7 Å². The van der Waals surface area contributed by atoms with Crippen molar-refractivity contribution in [2.24, 2.45) is 0 Å². The Morgan fingerprint density at radius 3 is 2.30 bits per heavy atom. The summed E-state index contributed by atoms with van der Waals surface area (Å²) in [5.41, 5.74) is 1.79. The predicted molar refractivity (Wildman–Crippen MR) is 91.3 cm³/mol. The lowest BCUT2D eigenvalue weighted by molar-refractivity contribution is 0.0657. The molecule has 0 radical (unpaired) electrons. The summed E-state index contributed by atoms with van der Waals surface area (Å²) in [5.74, 6) is -0.294. The van der Waals surface area contributed by atoms with Gasteiger partial charge in [-0.15, -0.1) is 0 Å². The lowest BCUT2D eigenvalue weighted by Gasteiger charge is -2.11. The largest absolute Gasteiger partial charge is 0.508 e. The SMILES string of the molecule is O=C1c2ccccc2C(=O)N1CC/C=C/c1cc(O)cc(Br)c1. The molecule has 0 atom stereocenters. The molecule has 5 heteroatoms. The van der Waals surface area contributed by atoms with E-state index in [2.05, 4.69) is 15.9 Å². The Hall–Kier alpha value is -2.40. The lowest BCUT2D eigenvalue weighted by atomic mass is 10.1. The minimum absolute atomic E-state index is 0.180.